The van der Waals surface area contributed by atoms with E-state index in [2.05, 4.69) is 5.32 Å². The van der Waals surface area contributed by atoms with E-state index in [1.807, 2.05) is 24.3 Å². The summed E-state index contributed by atoms with van der Waals surface area (Å²) in [5.41, 5.74) is 2.73. The highest BCUT2D eigenvalue weighted by Gasteiger charge is 2.27. The van der Waals surface area contributed by atoms with Crippen LogP contribution in [0, 0.1) is 0 Å². The number of nitrogens with one attached hydrogen (secondary N) is 1. The van der Waals surface area contributed by atoms with Gasteiger partial charge in [-0.1, -0.05) is 24.3 Å². The molecule has 5 nitrogen and oxygen atoms in total. The first kappa shape index (κ1) is 18.3. The molecule has 1 amide bonds. The summed E-state index contributed by atoms with van der Waals surface area (Å²) < 4.78 is 5.41. The minimum atomic E-state index is -0.901. The average molecular weight is 371 g/mol. The van der Waals surface area contributed by atoms with Gasteiger partial charge in [0.25, 0.3) is 5.91 Å². The van der Waals surface area contributed by atoms with Crippen molar-refractivity contribution >= 4 is 23.6 Å². The number of hydrogen-bond acceptors (Lipinski definition) is 4. The monoisotopic (exact) mass is 371 g/mol. The molecule has 0 aromatic heterocycles. The van der Waals surface area contributed by atoms with Crippen LogP contribution in [0.5, 0.6) is 5.75 Å². The maximum atomic E-state index is 12.8. The van der Waals surface area contributed by atoms with Gasteiger partial charge in [0.15, 0.2) is 0 Å². The van der Waals surface area contributed by atoms with Crippen LogP contribution in [0.25, 0.3) is 0 Å². The number of carbonyl (C=O) groups is 2. The second kappa shape index (κ2) is 7.83. The molecular weight excluding hydrogens is 350 g/mol. The Labute approximate surface area is 156 Å². The first-order valence-corrected chi connectivity index (χ1v) is 9.34. The molecule has 136 valence electrons. The number of methoxy groups -OCH3 is 1. The number of amides is 1. The van der Waals surface area contributed by atoms with Crippen molar-refractivity contribution in [1.29, 1.82) is 0 Å². The minimum Gasteiger partial charge on any atom is -0.496 e. The summed E-state index contributed by atoms with van der Waals surface area (Å²) in [6.07, 6.45) is 1.68. The number of carbonyl (C=O) groups excluding carboxylic acids is 1. The van der Waals surface area contributed by atoms with E-state index >= 15 is 0 Å². The van der Waals surface area contributed by atoms with Crippen LogP contribution < -0.4 is 10.1 Å². The molecular formula is C20H21NO4S. The molecule has 0 fully saturated rings. The summed E-state index contributed by atoms with van der Waals surface area (Å²) in [7, 11) is 1.65. The third kappa shape index (κ3) is 3.70. The average Bonchev–Trinajstić information content (AvgIpc) is 3.05. The number of fused-ring (bicyclic) bond motifs is 1. The molecule has 1 aliphatic carbocycles. The van der Waals surface area contributed by atoms with Crippen molar-refractivity contribution in [3.63, 3.8) is 0 Å². The summed E-state index contributed by atoms with van der Waals surface area (Å²) in [4.78, 5) is 24.6. The van der Waals surface area contributed by atoms with Gasteiger partial charge >= 0.3 is 5.97 Å². The van der Waals surface area contributed by atoms with Crippen LogP contribution in [-0.4, -0.2) is 29.3 Å². The lowest BCUT2D eigenvalue weighted by molar-refractivity contribution is -0.136. The zero-order chi connectivity index (χ0) is 18.7. The maximum absolute atomic E-state index is 12.8. The maximum Gasteiger partial charge on any atom is 0.316 e. The Morgan fingerprint density at radius 3 is 2.73 bits per heavy atom. The lowest BCUT2D eigenvalue weighted by atomic mass is 10.1. The van der Waals surface area contributed by atoms with Crippen LogP contribution in [-0.2, 0) is 11.2 Å². The molecule has 0 spiro atoms. The highest BCUT2D eigenvalue weighted by molar-refractivity contribution is 8.00. The molecule has 2 aromatic carbocycles. The van der Waals surface area contributed by atoms with Crippen molar-refractivity contribution < 1.29 is 19.4 Å². The van der Waals surface area contributed by atoms with Gasteiger partial charge in [-0.25, -0.2) is 0 Å². The molecule has 6 heteroatoms. The summed E-state index contributed by atoms with van der Waals surface area (Å²) in [6.45, 7) is 1.61. The molecule has 3 rings (SSSR count). The largest absolute Gasteiger partial charge is 0.496 e. The predicted molar refractivity (Wildman–Crippen MR) is 101 cm³/mol. The van der Waals surface area contributed by atoms with Crippen LogP contribution in [0.4, 0.5) is 0 Å². The summed E-state index contributed by atoms with van der Waals surface area (Å²) in [5, 5.41) is 11.6. The quantitative estimate of drug-likeness (QED) is 0.758. The number of rotatable bonds is 6. The van der Waals surface area contributed by atoms with Gasteiger partial charge in [-0.2, -0.15) is 0 Å². The van der Waals surface area contributed by atoms with Gasteiger partial charge in [0.2, 0.25) is 0 Å². The third-order valence-corrected chi connectivity index (χ3v) is 5.70. The van der Waals surface area contributed by atoms with E-state index in [0.717, 1.165) is 29.7 Å². The van der Waals surface area contributed by atoms with Gasteiger partial charge in [0.05, 0.1) is 18.7 Å². The van der Waals surface area contributed by atoms with E-state index in [1.165, 1.54) is 11.8 Å². The smallest absolute Gasteiger partial charge is 0.316 e. The van der Waals surface area contributed by atoms with E-state index in [1.54, 1.807) is 32.2 Å². The van der Waals surface area contributed by atoms with Gasteiger partial charge in [-0.05, 0) is 49.1 Å². The van der Waals surface area contributed by atoms with Crippen molar-refractivity contribution in [2.24, 2.45) is 0 Å². The highest BCUT2D eigenvalue weighted by Crippen LogP contribution is 2.37. The minimum absolute atomic E-state index is 0.0671. The third-order valence-electron chi connectivity index (χ3n) is 4.54. The Balaban J connectivity index is 1.80. The SMILES string of the molecule is COc1cccc2c1CCC2NC(=O)c1ccccc1SC(C)C(=O)O. The van der Waals surface area contributed by atoms with Crippen LogP contribution in [0.1, 0.15) is 40.9 Å². The summed E-state index contributed by atoms with van der Waals surface area (Å²) in [5.74, 6) is -0.237. The summed E-state index contributed by atoms with van der Waals surface area (Å²) in [6, 6.07) is 12.9. The molecule has 0 heterocycles. The Hall–Kier alpha value is -2.47. The molecule has 0 saturated carbocycles. The van der Waals surface area contributed by atoms with Crippen molar-refractivity contribution in [1.82, 2.24) is 5.32 Å². The lowest BCUT2D eigenvalue weighted by Crippen LogP contribution is -2.27. The highest BCUT2D eigenvalue weighted by atomic mass is 32.2. The molecule has 0 aliphatic heterocycles. The Morgan fingerprint density at radius 1 is 1.23 bits per heavy atom. The molecule has 2 N–H and O–H groups in total. The summed E-state index contributed by atoms with van der Waals surface area (Å²) >= 11 is 1.18. The van der Waals surface area contributed by atoms with Crippen LogP contribution in [0.15, 0.2) is 47.4 Å². The van der Waals surface area contributed by atoms with E-state index < -0.39 is 11.2 Å². The Morgan fingerprint density at radius 2 is 2.00 bits per heavy atom. The van der Waals surface area contributed by atoms with Crippen molar-refractivity contribution in [2.75, 3.05) is 7.11 Å². The standard InChI is InChI=1S/C20H21NO4S/c1-12(20(23)24)26-18-9-4-3-6-15(18)19(22)21-16-11-10-14-13(16)7-5-8-17(14)25-2/h3-9,12,16H,10-11H2,1-2H3,(H,21,22)(H,23,24). The van der Waals surface area contributed by atoms with E-state index in [9.17, 15) is 9.59 Å². The van der Waals surface area contributed by atoms with Crippen molar-refractivity contribution in [3.8, 4) is 5.75 Å². The zero-order valence-corrected chi connectivity index (χ0v) is 15.5. The van der Waals surface area contributed by atoms with E-state index in [0.29, 0.717) is 10.5 Å². The predicted octanol–water partition coefficient (Wildman–Crippen LogP) is 3.68. The van der Waals surface area contributed by atoms with Gasteiger partial charge in [0.1, 0.15) is 11.0 Å². The molecule has 0 bridgehead atoms. The molecule has 2 atom stereocenters. The number of carboxylic acids is 1. The number of aliphatic carboxylic acids is 1. The fraction of sp³-hybridized carbons (Fsp3) is 0.300. The van der Waals surface area contributed by atoms with Crippen molar-refractivity contribution in [3.05, 3.63) is 59.2 Å². The van der Waals surface area contributed by atoms with Crippen LogP contribution in [0.2, 0.25) is 0 Å². The normalized spacial score (nSPS) is 16.6. The van der Waals surface area contributed by atoms with Crippen molar-refractivity contribution in [2.45, 2.75) is 36.0 Å². The fourth-order valence-electron chi connectivity index (χ4n) is 3.20. The van der Waals surface area contributed by atoms with Gasteiger partial charge in [-0.15, -0.1) is 11.8 Å². The second-order valence-corrected chi connectivity index (χ2v) is 7.57. The lowest BCUT2D eigenvalue weighted by Gasteiger charge is -2.17. The number of thioether (sulfide) groups is 1. The van der Waals surface area contributed by atoms with Gasteiger partial charge in [0, 0.05) is 4.90 Å². The number of hydrogen-bond donors (Lipinski definition) is 2. The topological polar surface area (TPSA) is 75.6 Å². The zero-order valence-electron chi connectivity index (χ0n) is 14.7. The van der Waals surface area contributed by atoms with Gasteiger partial charge < -0.3 is 15.2 Å². The van der Waals surface area contributed by atoms with E-state index in [-0.39, 0.29) is 11.9 Å². The molecule has 0 saturated heterocycles. The molecule has 26 heavy (non-hydrogen) atoms. The number of benzene rings is 2. The molecule has 2 unspecified atom stereocenters. The Bertz CT molecular complexity index is 836. The van der Waals surface area contributed by atoms with Gasteiger partial charge in [-0.3, -0.25) is 9.59 Å². The van der Waals surface area contributed by atoms with Crippen LogP contribution in [0.3, 0.4) is 0 Å². The number of ether oxygens (including phenoxy) is 1. The fourth-order valence-corrected chi connectivity index (χ4v) is 4.12. The van der Waals surface area contributed by atoms with E-state index in [4.69, 9.17) is 9.84 Å². The molecule has 2 aromatic rings. The first-order chi connectivity index (χ1) is 12.5. The van der Waals surface area contributed by atoms with Crippen LogP contribution >= 0.6 is 11.8 Å². The first-order valence-electron chi connectivity index (χ1n) is 8.46. The second-order valence-electron chi connectivity index (χ2n) is 6.19. The molecule has 1 aliphatic rings. The number of carboxylic acid groups (broad SMARTS) is 1. The Kier molecular flexibility index (Phi) is 5.52. The molecule has 0 radical (unpaired) electrons.